The molecule has 2 aliphatic rings. The van der Waals surface area contributed by atoms with Gasteiger partial charge in [0, 0.05) is 6.42 Å². The number of hydrogen-bond acceptors (Lipinski definition) is 3. The Bertz CT molecular complexity index is 478. The van der Waals surface area contributed by atoms with Gasteiger partial charge < -0.3 is 10.2 Å². The molecular weight excluding hydrogens is 322 g/mol. The molecule has 0 aromatic heterocycles. The minimum Gasteiger partial charge on any atom is -0.393 e. The smallest absolute Gasteiger partial charge is 0.0624 e. The van der Waals surface area contributed by atoms with E-state index in [4.69, 9.17) is 5.26 Å². The fourth-order valence-electron chi connectivity index (χ4n) is 6.29. The normalized spacial score (nSPS) is 35.7. The second-order valence-corrected chi connectivity index (χ2v) is 10.1. The molecule has 0 aromatic carbocycles. The fourth-order valence-corrected chi connectivity index (χ4v) is 6.29. The molecule has 0 aromatic rings. The summed E-state index contributed by atoms with van der Waals surface area (Å²) in [7, 11) is 0. The summed E-state index contributed by atoms with van der Waals surface area (Å²) in [5.74, 6) is 2.15. The van der Waals surface area contributed by atoms with E-state index in [2.05, 4.69) is 19.9 Å². The number of aliphatic hydroxyl groups excluding tert-OH is 1. The first-order valence-electron chi connectivity index (χ1n) is 11.0. The molecule has 2 rings (SSSR count). The predicted octanol–water partition coefficient (Wildman–Crippen LogP) is 5.45. The Labute approximate surface area is 161 Å². The molecule has 26 heavy (non-hydrogen) atoms. The summed E-state index contributed by atoms with van der Waals surface area (Å²) in [5.41, 5.74) is -0.324. The highest BCUT2D eigenvalue weighted by Crippen LogP contribution is 2.61. The van der Waals surface area contributed by atoms with Gasteiger partial charge >= 0.3 is 0 Å². The summed E-state index contributed by atoms with van der Waals surface area (Å²) < 4.78 is 0. The summed E-state index contributed by atoms with van der Waals surface area (Å²) in [4.78, 5) is 0. The first kappa shape index (κ1) is 21.7. The van der Waals surface area contributed by atoms with Gasteiger partial charge in [-0.25, -0.2) is 0 Å². The Morgan fingerprint density at radius 3 is 2.46 bits per heavy atom. The molecule has 0 heterocycles. The van der Waals surface area contributed by atoms with E-state index >= 15 is 0 Å². The third-order valence-corrected chi connectivity index (χ3v) is 7.73. The minimum absolute atomic E-state index is 0.137. The van der Waals surface area contributed by atoms with Crippen LogP contribution in [-0.2, 0) is 0 Å². The van der Waals surface area contributed by atoms with Crippen LogP contribution in [0.4, 0.5) is 0 Å². The highest BCUT2D eigenvalue weighted by molar-refractivity contribution is 5.06. The van der Waals surface area contributed by atoms with Gasteiger partial charge in [-0.3, -0.25) is 0 Å². The summed E-state index contributed by atoms with van der Waals surface area (Å²) in [6.07, 6.45) is 11.9. The average Bonchev–Trinajstić information content (AvgIpc) is 2.91. The molecule has 2 aliphatic carbocycles. The fraction of sp³-hybridized carbons (Fsp3) is 0.957. The van der Waals surface area contributed by atoms with E-state index in [1.54, 1.807) is 0 Å². The van der Waals surface area contributed by atoms with Gasteiger partial charge in [0.05, 0.1) is 17.8 Å². The lowest BCUT2D eigenvalue weighted by Gasteiger charge is -2.51. The van der Waals surface area contributed by atoms with Gasteiger partial charge in [-0.1, -0.05) is 39.5 Å². The number of aliphatic hydroxyl groups is 2. The Balaban J connectivity index is 1.91. The van der Waals surface area contributed by atoms with E-state index in [1.807, 2.05) is 13.8 Å². The molecule has 2 fully saturated rings. The molecule has 0 spiro atoms. The molecule has 0 unspecified atom stereocenters. The topological polar surface area (TPSA) is 64.2 Å². The van der Waals surface area contributed by atoms with Gasteiger partial charge in [-0.2, -0.15) is 5.26 Å². The zero-order valence-electron chi connectivity index (χ0n) is 17.5. The Hall–Kier alpha value is -0.590. The number of unbranched alkanes of at least 4 members (excludes halogenated alkanes) is 3. The van der Waals surface area contributed by atoms with E-state index in [0.717, 1.165) is 32.1 Å². The zero-order chi connectivity index (χ0) is 19.4. The van der Waals surface area contributed by atoms with Crippen molar-refractivity contribution in [1.82, 2.24) is 0 Å². The van der Waals surface area contributed by atoms with Crippen molar-refractivity contribution in [2.24, 2.45) is 29.1 Å². The van der Waals surface area contributed by atoms with Crippen molar-refractivity contribution < 1.29 is 10.2 Å². The molecule has 0 radical (unpaired) electrons. The van der Waals surface area contributed by atoms with Crippen LogP contribution in [0.15, 0.2) is 0 Å². The van der Waals surface area contributed by atoms with Crippen molar-refractivity contribution >= 4 is 0 Å². The molecule has 2 N–H and O–H groups in total. The third-order valence-electron chi connectivity index (χ3n) is 7.73. The van der Waals surface area contributed by atoms with Crippen LogP contribution in [-0.4, -0.2) is 21.9 Å². The molecule has 0 amide bonds. The van der Waals surface area contributed by atoms with Crippen LogP contribution in [0.5, 0.6) is 0 Å². The van der Waals surface area contributed by atoms with E-state index in [0.29, 0.717) is 30.1 Å². The molecule has 3 nitrogen and oxygen atoms in total. The van der Waals surface area contributed by atoms with Crippen LogP contribution in [0.3, 0.4) is 0 Å². The lowest BCUT2D eigenvalue weighted by Crippen LogP contribution is -2.47. The van der Waals surface area contributed by atoms with Crippen LogP contribution >= 0.6 is 0 Å². The number of nitrogens with zero attached hydrogens (tertiary/aromatic N) is 1. The van der Waals surface area contributed by atoms with Gasteiger partial charge in [0.2, 0.25) is 0 Å². The SMILES string of the molecule is C[C@H](CC#N)[C@H]1CC[C@H]2[C@@H](O)CC[C@@H](CCCCCCC(C)(C)O)[C@]12C. The predicted molar refractivity (Wildman–Crippen MR) is 106 cm³/mol. The average molecular weight is 364 g/mol. The first-order chi connectivity index (χ1) is 12.2. The lowest BCUT2D eigenvalue weighted by atomic mass is 9.55. The molecule has 2 saturated carbocycles. The Morgan fingerprint density at radius 1 is 1.12 bits per heavy atom. The number of fused-ring (bicyclic) bond motifs is 1. The monoisotopic (exact) mass is 363 g/mol. The van der Waals surface area contributed by atoms with Crippen LogP contribution in [0, 0.1) is 40.4 Å². The highest BCUT2D eigenvalue weighted by atomic mass is 16.3. The van der Waals surface area contributed by atoms with E-state index in [-0.39, 0.29) is 11.5 Å². The maximum Gasteiger partial charge on any atom is 0.0624 e. The first-order valence-corrected chi connectivity index (χ1v) is 11.0. The highest BCUT2D eigenvalue weighted by Gasteiger charge is 2.56. The molecule has 150 valence electrons. The molecule has 3 heteroatoms. The lowest BCUT2D eigenvalue weighted by molar-refractivity contribution is -0.0716. The third kappa shape index (κ3) is 5.02. The Kier molecular flexibility index (Phi) is 7.57. The maximum absolute atomic E-state index is 10.6. The zero-order valence-corrected chi connectivity index (χ0v) is 17.5. The van der Waals surface area contributed by atoms with Crippen LogP contribution in [0.1, 0.15) is 98.3 Å². The van der Waals surface area contributed by atoms with Gasteiger partial charge in [-0.05, 0) is 81.5 Å². The molecule has 0 saturated heterocycles. The minimum atomic E-state index is -0.534. The second-order valence-electron chi connectivity index (χ2n) is 10.1. The van der Waals surface area contributed by atoms with E-state index in [9.17, 15) is 10.2 Å². The largest absolute Gasteiger partial charge is 0.393 e. The maximum atomic E-state index is 10.6. The molecule has 0 bridgehead atoms. The quantitative estimate of drug-likeness (QED) is 0.535. The molecule has 0 aliphatic heterocycles. The molecule has 6 atom stereocenters. The number of hydrogen-bond donors (Lipinski definition) is 2. The van der Waals surface area contributed by atoms with Crippen molar-refractivity contribution in [3.8, 4) is 6.07 Å². The van der Waals surface area contributed by atoms with Crippen molar-refractivity contribution in [2.45, 2.75) is 110 Å². The van der Waals surface area contributed by atoms with Gasteiger partial charge in [0.15, 0.2) is 0 Å². The summed E-state index contributed by atoms with van der Waals surface area (Å²) in [6.45, 7) is 8.47. The van der Waals surface area contributed by atoms with Crippen LogP contribution in [0.25, 0.3) is 0 Å². The van der Waals surface area contributed by atoms with Gasteiger partial charge in [0.25, 0.3) is 0 Å². The van der Waals surface area contributed by atoms with Crippen molar-refractivity contribution in [2.75, 3.05) is 0 Å². The van der Waals surface area contributed by atoms with Gasteiger partial charge in [-0.15, -0.1) is 0 Å². The van der Waals surface area contributed by atoms with E-state index < -0.39 is 5.60 Å². The summed E-state index contributed by atoms with van der Waals surface area (Å²) in [5, 5.41) is 29.6. The van der Waals surface area contributed by atoms with E-state index in [1.165, 1.54) is 32.1 Å². The summed E-state index contributed by atoms with van der Waals surface area (Å²) >= 11 is 0. The number of nitriles is 1. The van der Waals surface area contributed by atoms with Crippen LogP contribution in [0.2, 0.25) is 0 Å². The Morgan fingerprint density at radius 2 is 1.81 bits per heavy atom. The standard InChI is InChI=1S/C23H41NO2/c1-17(14-16-24)19-11-12-20-21(25)13-10-18(23(19,20)4)9-7-5-6-8-15-22(2,3)26/h17-21,25-26H,5-15H2,1-4H3/t17-,18-,19-,20+,21+,23-/m1/s1. The van der Waals surface area contributed by atoms with Crippen molar-refractivity contribution in [3.05, 3.63) is 0 Å². The molecular formula is C23H41NO2. The summed E-state index contributed by atoms with van der Waals surface area (Å²) in [6, 6.07) is 2.38. The van der Waals surface area contributed by atoms with Crippen molar-refractivity contribution in [1.29, 1.82) is 5.26 Å². The number of rotatable bonds is 9. The second kappa shape index (κ2) is 9.07. The van der Waals surface area contributed by atoms with Gasteiger partial charge in [0.1, 0.15) is 0 Å². The van der Waals surface area contributed by atoms with Crippen LogP contribution < -0.4 is 0 Å². The van der Waals surface area contributed by atoms with Crippen molar-refractivity contribution in [3.63, 3.8) is 0 Å².